The maximum Gasteiger partial charge on any atom is 0.0626 e. The fourth-order valence-electron chi connectivity index (χ4n) is 3.08. The number of benzene rings is 2. The van der Waals surface area contributed by atoms with Gasteiger partial charge < -0.3 is 10.6 Å². The van der Waals surface area contributed by atoms with E-state index in [1.54, 1.807) is 0 Å². The quantitative estimate of drug-likeness (QED) is 0.450. The molecule has 0 aliphatic heterocycles. The van der Waals surface area contributed by atoms with Crippen LogP contribution >= 0.6 is 0 Å². The van der Waals surface area contributed by atoms with Gasteiger partial charge in [0.25, 0.3) is 0 Å². The second-order valence-corrected chi connectivity index (χ2v) is 7.49. The smallest absolute Gasteiger partial charge is 0.0626 e. The van der Waals surface area contributed by atoms with Gasteiger partial charge in [-0.25, -0.2) is 0 Å². The third-order valence-corrected chi connectivity index (χ3v) is 4.84. The van der Waals surface area contributed by atoms with E-state index in [-0.39, 0.29) is 6.04 Å². The van der Waals surface area contributed by atoms with Crippen LogP contribution in [-0.2, 0) is 0 Å². The molecule has 0 saturated carbocycles. The molecular weight excluding hydrogens is 340 g/mol. The number of hydrogen-bond donors (Lipinski definition) is 2. The first-order valence-electron chi connectivity index (χ1n) is 9.68. The summed E-state index contributed by atoms with van der Waals surface area (Å²) in [5.74, 6) is 0.331. The second-order valence-electron chi connectivity index (χ2n) is 7.49. The Hall–Kier alpha value is -3.00. The summed E-state index contributed by atoms with van der Waals surface area (Å²) >= 11 is 0. The molecule has 2 heteroatoms. The van der Waals surface area contributed by atoms with Gasteiger partial charge in [-0.15, -0.1) is 6.58 Å². The number of para-hydroxylation sites is 1. The van der Waals surface area contributed by atoms with Crippen molar-refractivity contribution in [3.8, 4) is 0 Å². The molecule has 2 N–H and O–H groups in total. The number of allylic oxidation sites excluding steroid dienone is 2. The summed E-state index contributed by atoms with van der Waals surface area (Å²) < 4.78 is 0. The van der Waals surface area contributed by atoms with Crippen LogP contribution in [0.1, 0.15) is 38.3 Å². The normalized spacial score (nSPS) is 12.5. The SMILES string of the molecule is C=C(C)CC(C)C(=C)NC(C)C(=C)Nc1ccccc1C(=C)c1ccccc1. The van der Waals surface area contributed by atoms with E-state index in [0.29, 0.717) is 5.92 Å². The van der Waals surface area contributed by atoms with Gasteiger partial charge in [0.2, 0.25) is 0 Å². The molecule has 2 atom stereocenters. The topological polar surface area (TPSA) is 24.1 Å². The predicted molar refractivity (Wildman–Crippen MR) is 124 cm³/mol. The van der Waals surface area contributed by atoms with Crippen molar-refractivity contribution in [3.05, 3.63) is 109 Å². The Kier molecular flexibility index (Phi) is 7.45. The first-order chi connectivity index (χ1) is 13.3. The molecule has 28 heavy (non-hydrogen) atoms. The van der Waals surface area contributed by atoms with Crippen molar-refractivity contribution in [1.29, 1.82) is 0 Å². The lowest BCUT2D eigenvalue weighted by atomic mass is 9.97. The zero-order chi connectivity index (χ0) is 20.7. The lowest BCUT2D eigenvalue weighted by molar-refractivity contribution is 0.571. The molecule has 0 amide bonds. The third-order valence-electron chi connectivity index (χ3n) is 4.84. The van der Waals surface area contributed by atoms with E-state index in [1.165, 1.54) is 0 Å². The van der Waals surface area contributed by atoms with E-state index >= 15 is 0 Å². The highest BCUT2D eigenvalue weighted by Gasteiger charge is 2.14. The molecule has 0 fully saturated rings. The van der Waals surface area contributed by atoms with Crippen LogP contribution in [0.4, 0.5) is 5.69 Å². The zero-order valence-corrected chi connectivity index (χ0v) is 17.4. The van der Waals surface area contributed by atoms with Gasteiger partial charge in [0, 0.05) is 22.6 Å². The molecule has 0 saturated heterocycles. The molecule has 2 nitrogen and oxygen atoms in total. The van der Waals surface area contributed by atoms with Crippen molar-refractivity contribution >= 4 is 11.3 Å². The molecule has 0 aromatic heterocycles. The van der Waals surface area contributed by atoms with E-state index < -0.39 is 0 Å². The van der Waals surface area contributed by atoms with Crippen molar-refractivity contribution in [3.63, 3.8) is 0 Å². The Morgan fingerprint density at radius 1 is 0.857 bits per heavy atom. The van der Waals surface area contributed by atoms with E-state index in [9.17, 15) is 0 Å². The molecule has 0 aliphatic carbocycles. The molecular formula is C26H32N2. The molecule has 2 aromatic rings. The Bertz CT molecular complexity index is 861. The van der Waals surface area contributed by atoms with Gasteiger partial charge in [-0.3, -0.25) is 0 Å². The molecule has 0 bridgehead atoms. The van der Waals surface area contributed by atoms with Gasteiger partial charge in [0.05, 0.1) is 6.04 Å². The fourth-order valence-corrected chi connectivity index (χ4v) is 3.08. The summed E-state index contributed by atoms with van der Waals surface area (Å²) in [4.78, 5) is 0. The van der Waals surface area contributed by atoms with E-state index in [4.69, 9.17) is 0 Å². The highest BCUT2D eigenvalue weighted by atomic mass is 15.0. The number of nitrogens with one attached hydrogen (secondary N) is 2. The van der Waals surface area contributed by atoms with Crippen molar-refractivity contribution in [1.82, 2.24) is 5.32 Å². The first kappa shape index (κ1) is 21.3. The van der Waals surface area contributed by atoms with Crippen LogP contribution in [0.15, 0.2) is 97.9 Å². The number of hydrogen-bond acceptors (Lipinski definition) is 2. The van der Waals surface area contributed by atoms with Crippen LogP contribution in [0.5, 0.6) is 0 Å². The maximum absolute atomic E-state index is 4.30. The van der Waals surface area contributed by atoms with Crippen LogP contribution in [-0.4, -0.2) is 6.04 Å². The summed E-state index contributed by atoms with van der Waals surface area (Å²) in [5, 5.41) is 6.93. The Labute approximate surface area is 170 Å². The molecule has 2 unspecified atom stereocenters. The minimum atomic E-state index is 0.0399. The molecule has 146 valence electrons. The average Bonchev–Trinajstić information content (AvgIpc) is 2.67. The summed E-state index contributed by atoms with van der Waals surface area (Å²) in [6.07, 6.45) is 0.929. The van der Waals surface area contributed by atoms with E-state index in [2.05, 4.69) is 75.1 Å². The largest absolute Gasteiger partial charge is 0.381 e. The van der Waals surface area contributed by atoms with Gasteiger partial charge >= 0.3 is 0 Å². The maximum atomic E-state index is 4.30. The van der Waals surface area contributed by atoms with Gasteiger partial charge in [0.1, 0.15) is 0 Å². The first-order valence-corrected chi connectivity index (χ1v) is 9.68. The van der Waals surface area contributed by atoms with Gasteiger partial charge in [-0.05, 0) is 43.4 Å². The number of anilines is 1. The molecule has 0 radical (unpaired) electrons. The average molecular weight is 373 g/mol. The molecule has 2 aromatic carbocycles. The Balaban J connectivity index is 2.09. The lowest BCUT2D eigenvalue weighted by Crippen LogP contribution is -2.32. The lowest BCUT2D eigenvalue weighted by Gasteiger charge is -2.25. The molecule has 0 aliphatic rings. The highest BCUT2D eigenvalue weighted by molar-refractivity contribution is 5.85. The summed E-state index contributed by atoms with van der Waals surface area (Å²) in [6.45, 7) is 23.0. The van der Waals surface area contributed by atoms with Crippen LogP contribution < -0.4 is 10.6 Å². The third kappa shape index (κ3) is 5.75. The minimum absolute atomic E-state index is 0.0399. The summed E-state index contributed by atoms with van der Waals surface area (Å²) in [7, 11) is 0. The fraction of sp³-hybridized carbons (Fsp3) is 0.231. The number of rotatable bonds is 10. The second kappa shape index (κ2) is 9.80. The van der Waals surface area contributed by atoms with Crippen LogP contribution in [0.3, 0.4) is 0 Å². The van der Waals surface area contributed by atoms with E-state index in [1.807, 2.05) is 37.3 Å². The predicted octanol–water partition coefficient (Wildman–Crippen LogP) is 6.77. The van der Waals surface area contributed by atoms with E-state index in [0.717, 1.165) is 45.8 Å². The van der Waals surface area contributed by atoms with Gasteiger partial charge in [-0.1, -0.05) is 80.8 Å². The zero-order valence-electron chi connectivity index (χ0n) is 17.4. The monoisotopic (exact) mass is 372 g/mol. The van der Waals surface area contributed by atoms with Crippen molar-refractivity contribution in [2.45, 2.75) is 33.2 Å². The van der Waals surface area contributed by atoms with Crippen molar-refractivity contribution in [2.75, 3.05) is 5.32 Å². The van der Waals surface area contributed by atoms with Crippen LogP contribution in [0.25, 0.3) is 5.57 Å². The molecule has 2 rings (SSSR count). The van der Waals surface area contributed by atoms with Gasteiger partial charge in [0.15, 0.2) is 0 Å². The highest BCUT2D eigenvalue weighted by Crippen LogP contribution is 2.29. The Morgan fingerprint density at radius 3 is 2.11 bits per heavy atom. The van der Waals surface area contributed by atoms with Crippen molar-refractivity contribution in [2.24, 2.45) is 5.92 Å². The molecule has 0 spiro atoms. The summed E-state index contributed by atoms with van der Waals surface area (Å²) in [6, 6.07) is 18.4. The summed E-state index contributed by atoms with van der Waals surface area (Å²) in [5.41, 5.74) is 7.20. The van der Waals surface area contributed by atoms with Gasteiger partial charge in [-0.2, -0.15) is 0 Å². The standard InChI is InChI=1S/C26H32N2/c1-18(2)17-19(3)21(5)27-22(6)23(7)28-26-16-12-11-15-25(26)20(4)24-13-9-8-10-14-24/h8-16,19,22,27-28H,1,4-5,7,17H2,2-3,6H3. The minimum Gasteiger partial charge on any atom is -0.381 e. The van der Waals surface area contributed by atoms with Crippen LogP contribution in [0.2, 0.25) is 0 Å². The Morgan fingerprint density at radius 2 is 1.46 bits per heavy atom. The van der Waals surface area contributed by atoms with Crippen molar-refractivity contribution < 1.29 is 0 Å². The molecule has 0 heterocycles. The van der Waals surface area contributed by atoms with Crippen LogP contribution in [0, 0.1) is 5.92 Å².